The van der Waals surface area contributed by atoms with Crippen LogP contribution >= 0.6 is 0 Å². The molecule has 0 aromatic heterocycles. The van der Waals surface area contributed by atoms with Gasteiger partial charge in [0.2, 0.25) is 5.91 Å². The third kappa shape index (κ3) is 5.87. The summed E-state index contributed by atoms with van der Waals surface area (Å²) in [6.45, 7) is 7.79. The van der Waals surface area contributed by atoms with Gasteiger partial charge in [-0.3, -0.25) is 14.5 Å². The van der Waals surface area contributed by atoms with E-state index >= 15 is 0 Å². The summed E-state index contributed by atoms with van der Waals surface area (Å²) in [7, 11) is 0. The second kappa shape index (κ2) is 8.82. The molecule has 0 saturated heterocycles. The normalized spacial score (nSPS) is 14.6. The minimum absolute atomic E-state index is 0.120. The van der Waals surface area contributed by atoms with Gasteiger partial charge in [0.15, 0.2) is 0 Å². The summed E-state index contributed by atoms with van der Waals surface area (Å²) in [5, 5.41) is 8.72. The van der Waals surface area contributed by atoms with E-state index in [-0.39, 0.29) is 18.4 Å². The van der Waals surface area contributed by atoms with Crippen molar-refractivity contribution in [2.24, 2.45) is 0 Å². The first-order chi connectivity index (χ1) is 9.95. The van der Waals surface area contributed by atoms with Gasteiger partial charge in [-0.25, -0.2) is 0 Å². The average Bonchev–Trinajstić information content (AvgIpc) is 2.91. The molecule has 1 aliphatic carbocycles. The number of carbonyl (C=O) groups excluding carboxylic acids is 1. The second-order valence-corrected chi connectivity index (χ2v) is 5.79. The maximum atomic E-state index is 12.5. The largest absolute Gasteiger partial charge is 0.481 e. The molecule has 0 spiro atoms. The fraction of sp³-hybridized carbons (Fsp3) is 0.750. The van der Waals surface area contributed by atoms with E-state index in [2.05, 4.69) is 11.0 Å². The number of aliphatic carboxylic acids is 1. The Bertz CT molecular complexity index is 391. The van der Waals surface area contributed by atoms with Crippen LogP contribution in [0.4, 0.5) is 0 Å². The van der Waals surface area contributed by atoms with Crippen molar-refractivity contribution >= 4 is 11.9 Å². The van der Waals surface area contributed by atoms with Crippen LogP contribution in [-0.2, 0) is 9.59 Å². The van der Waals surface area contributed by atoms with Crippen LogP contribution in [-0.4, -0.2) is 52.5 Å². The third-order valence-corrected chi connectivity index (χ3v) is 3.89. The van der Waals surface area contributed by atoms with Gasteiger partial charge in [-0.1, -0.05) is 6.08 Å². The molecule has 0 radical (unpaired) electrons. The number of nitrogens with zero attached hydrogens (tertiary/aromatic N) is 2. The first kappa shape index (κ1) is 17.7. The number of carbonyl (C=O) groups is 2. The molecule has 0 heterocycles. The zero-order valence-corrected chi connectivity index (χ0v) is 13.5. The first-order valence-electron chi connectivity index (χ1n) is 7.91. The van der Waals surface area contributed by atoms with Crippen molar-refractivity contribution < 1.29 is 14.7 Å². The number of rotatable bonds is 9. The fourth-order valence-electron chi connectivity index (χ4n) is 2.65. The molecule has 0 unspecified atom stereocenters. The zero-order chi connectivity index (χ0) is 15.8. The Balaban J connectivity index is 2.55. The molecule has 0 aromatic rings. The Morgan fingerprint density at radius 2 is 2.10 bits per heavy atom. The van der Waals surface area contributed by atoms with E-state index in [1.807, 2.05) is 25.7 Å². The Labute approximate surface area is 127 Å². The molecule has 0 atom stereocenters. The van der Waals surface area contributed by atoms with E-state index < -0.39 is 5.97 Å². The van der Waals surface area contributed by atoms with Crippen molar-refractivity contribution in [3.05, 3.63) is 11.8 Å². The lowest BCUT2D eigenvalue weighted by Crippen LogP contribution is -2.43. The van der Waals surface area contributed by atoms with Gasteiger partial charge in [-0.15, -0.1) is 0 Å². The van der Waals surface area contributed by atoms with Crippen LogP contribution < -0.4 is 0 Å². The number of likely N-dealkylation sites (N-methyl/N-ethyl adjacent to an activating group) is 1. The molecule has 0 aromatic carbocycles. The molecule has 0 fully saturated rings. The number of hydrogen-bond donors (Lipinski definition) is 1. The molecular formula is C16H28N2O3. The highest BCUT2D eigenvalue weighted by atomic mass is 16.4. The van der Waals surface area contributed by atoms with E-state index in [4.69, 9.17) is 5.11 Å². The van der Waals surface area contributed by atoms with Crippen molar-refractivity contribution in [3.63, 3.8) is 0 Å². The molecule has 0 saturated carbocycles. The summed E-state index contributed by atoms with van der Waals surface area (Å²) in [5.74, 6) is -0.661. The second-order valence-electron chi connectivity index (χ2n) is 5.79. The molecule has 5 nitrogen and oxygen atoms in total. The lowest BCUT2D eigenvalue weighted by molar-refractivity contribution is -0.137. The molecule has 120 valence electrons. The molecule has 0 aliphatic heterocycles. The van der Waals surface area contributed by atoms with Crippen molar-refractivity contribution in [1.82, 2.24) is 9.80 Å². The lowest BCUT2D eigenvalue weighted by atomic mass is 10.2. The van der Waals surface area contributed by atoms with Gasteiger partial charge < -0.3 is 10.0 Å². The first-order valence-corrected chi connectivity index (χ1v) is 7.91. The van der Waals surface area contributed by atoms with E-state index in [1.165, 1.54) is 0 Å². The quantitative estimate of drug-likeness (QED) is 0.710. The highest BCUT2D eigenvalue weighted by Gasteiger charge is 2.22. The number of amides is 1. The van der Waals surface area contributed by atoms with Gasteiger partial charge in [0.25, 0.3) is 0 Å². The predicted octanol–water partition coefficient (Wildman–Crippen LogP) is 2.48. The Morgan fingerprint density at radius 1 is 1.38 bits per heavy atom. The third-order valence-electron chi connectivity index (χ3n) is 3.89. The van der Waals surface area contributed by atoms with Crippen LogP contribution in [0.2, 0.25) is 0 Å². The van der Waals surface area contributed by atoms with Gasteiger partial charge in [-0.05, 0) is 53.0 Å². The SMILES string of the molecule is CCN(C(=O)CN(CCCC(=O)O)C(C)C)C1=CCCC1. The van der Waals surface area contributed by atoms with Crippen LogP contribution in [0.3, 0.4) is 0 Å². The minimum atomic E-state index is -0.781. The minimum Gasteiger partial charge on any atom is -0.481 e. The molecule has 1 rings (SSSR count). The number of carboxylic acids is 1. The van der Waals surface area contributed by atoms with E-state index in [1.54, 1.807) is 0 Å². The van der Waals surface area contributed by atoms with Gasteiger partial charge in [0.1, 0.15) is 0 Å². The van der Waals surface area contributed by atoms with Gasteiger partial charge >= 0.3 is 5.97 Å². The van der Waals surface area contributed by atoms with Crippen LogP contribution in [0.25, 0.3) is 0 Å². The summed E-state index contributed by atoms with van der Waals surface area (Å²) >= 11 is 0. The van der Waals surface area contributed by atoms with Crippen LogP contribution in [0, 0.1) is 0 Å². The summed E-state index contributed by atoms with van der Waals surface area (Å²) < 4.78 is 0. The summed E-state index contributed by atoms with van der Waals surface area (Å²) in [4.78, 5) is 27.0. The van der Waals surface area contributed by atoms with E-state index in [0.717, 1.165) is 25.0 Å². The van der Waals surface area contributed by atoms with Crippen molar-refractivity contribution in [2.45, 2.75) is 58.9 Å². The monoisotopic (exact) mass is 296 g/mol. The smallest absolute Gasteiger partial charge is 0.303 e. The van der Waals surface area contributed by atoms with Crippen LogP contribution in [0.15, 0.2) is 11.8 Å². The standard InChI is InChI=1S/C16H28N2O3/c1-4-18(14-8-5-6-9-14)15(19)12-17(13(2)3)11-7-10-16(20)21/h8,13H,4-7,9-12H2,1-3H3,(H,20,21). The van der Waals surface area contributed by atoms with Gasteiger partial charge in [-0.2, -0.15) is 0 Å². The Kier molecular flexibility index (Phi) is 7.43. The van der Waals surface area contributed by atoms with E-state index in [9.17, 15) is 9.59 Å². The lowest BCUT2D eigenvalue weighted by Gasteiger charge is -2.29. The van der Waals surface area contributed by atoms with Gasteiger partial charge in [0, 0.05) is 24.7 Å². The molecule has 5 heteroatoms. The summed E-state index contributed by atoms with van der Waals surface area (Å²) in [5.41, 5.74) is 1.15. The highest BCUT2D eigenvalue weighted by molar-refractivity contribution is 5.80. The maximum Gasteiger partial charge on any atom is 0.303 e. The zero-order valence-electron chi connectivity index (χ0n) is 13.5. The highest BCUT2D eigenvalue weighted by Crippen LogP contribution is 2.21. The van der Waals surface area contributed by atoms with Crippen molar-refractivity contribution in [2.75, 3.05) is 19.6 Å². The number of hydrogen-bond acceptors (Lipinski definition) is 3. The van der Waals surface area contributed by atoms with E-state index in [0.29, 0.717) is 26.1 Å². The Morgan fingerprint density at radius 3 is 2.57 bits per heavy atom. The van der Waals surface area contributed by atoms with Crippen molar-refractivity contribution in [1.29, 1.82) is 0 Å². The van der Waals surface area contributed by atoms with Crippen LogP contribution in [0.5, 0.6) is 0 Å². The number of carboxylic acid groups (broad SMARTS) is 1. The topological polar surface area (TPSA) is 60.9 Å². The molecular weight excluding hydrogens is 268 g/mol. The predicted molar refractivity (Wildman–Crippen MR) is 82.9 cm³/mol. The maximum absolute atomic E-state index is 12.5. The molecule has 1 amide bonds. The summed E-state index contributed by atoms with van der Waals surface area (Å²) in [6, 6.07) is 0.235. The number of allylic oxidation sites excluding steroid dienone is 2. The van der Waals surface area contributed by atoms with Crippen LogP contribution in [0.1, 0.15) is 52.9 Å². The Hall–Kier alpha value is -1.36. The molecule has 1 N–H and O–H groups in total. The molecule has 1 aliphatic rings. The van der Waals surface area contributed by atoms with Gasteiger partial charge in [0.05, 0.1) is 6.54 Å². The fourth-order valence-corrected chi connectivity index (χ4v) is 2.65. The average molecular weight is 296 g/mol. The molecule has 0 bridgehead atoms. The summed E-state index contributed by atoms with van der Waals surface area (Å²) in [6.07, 6.45) is 6.07. The molecule has 21 heavy (non-hydrogen) atoms. The van der Waals surface area contributed by atoms with Crippen molar-refractivity contribution in [3.8, 4) is 0 Å².